The molecule has 0 spiro atoms. The molecule has 1 aliphatic heterocycles. The van der Waals surface area contributed by atoms with Crippen LogP contribution in [0.5, 0.6) is 5.75 Å². The van der Waals surface area contributed by atoms with Gasteiger partial charge in [-0.15, -0.1) is 0 Å². The summed E-state index contributed by atoms with van der Waals surface area (Å²) in [7, 11) is 1.54. The van der Waals surface area contributed by atoms with E-state index in [1.807, 2.05) is 24.3 Å². The van der Waals surface area contributed by atoms with Crippen LogP contribution < -0.4 is 15.0 Å². The van der Waals surface area contributed by atoms with Gasteiger partial charge in [-0.05, 0) is 24.3 Å². The zero-order chi connectivity index (χ0) is 18.8. The number of benzene rings is 3. The third-order valence-electron chi connectivity index (χ3n) is 4.58. The fourth-order valence-corrected chi connectivity index (χ4v) is 3.27. The second kappa shape index (κ2) is 6.96. The van der Waals surface area contributed by atoms with E-state index in [1.165, 1.54) is 4.90 Å². The molecule has 1 heterocycles. The van der Waals surface area contributed by atoms with Crippen molar-refractivity contribution >= 4 is 23.1 Å². The van der Waals surface area contributed by atoms with Gasteiger partial charge in [0.25, 0.3) is 5.91 Å². The van der Waals surface area contributed by atoms with Gasteiger partial charge in [-0.25, -0.2) is 0 Å². The molecule has 1 aliphatic rings. The van der Waals surface area contributed by atoms with Crippen LogP contribution in [0.25, 0.3) is 0 Å². The lowest BCUT2D eigenvalue weighted by molar-refractivity contribution is 0.0900. The highest BCUT2D eigenvalue weighted by Gasteiger charge is 2.38. The molecule has 134 valence electrons. The average molecular weight is 358 g/mol. The van der Waals surface area contributed by atoms with Crippen LogP contribution in [0.4, 0.5) is 11.4 Å². The van der Waals surface area contributed by atoms with Crippen LogP contribution in [0, 0.1) is 0 Å². The zero-order valence-corrected chi connectivity index (χ0v) is 14.8. The lowest BCUT2D eigenvalue weighted by Gasteiger charge is -2.37. The number of anilines is 2. The summed E-state index contributed by atoms with van der Waals surface area (Å²) in [6.45, 7) is 0. The van der Waals surface area contributed by atoms with Crippen LogP contribution in [-0.4, -0.2) is 25.0 Å². The van der Waals surface area contributed by atoms with Gasteiger partial charge in [-0.1, -0.05) is 54.6 Å². The van der Waals surface area contributed by atoms with Gasteiger partial charge in [0.2, 0.25) is 5.78 Å². The number of rotatable bonds is 4. The van der Waals surface area contributed by atoms with E-state index in [4.69, 9.17) is 4.74 Å². The quantitative estimate of drug-likeness (QED) is 0.717. The number of hydrogen-bond acceptors (Lipinski definition) is 4. The minimum atomic E-state index is -0.869. The number of Topliss-reactive ketones (excluding diaryl/α,β-unsaturated/α-hetero) is 1. The van der Waals surface area contributed by atoms with Gasteiger partial charge in [-0.2, -0.15) is 0 Å². The normalized spacial score (nSPS) is 15.7. The molecule has 0 saturated heterocycles. The van der Waals surface area contributed by atoms with Gasteiger partial charge >= 0.3 is 0 Å². The van der Waals surface area contributed by atoms with Crippen LogP contribution in [0.2, 0.25) is 0 Å². The predicted octanol–water partition coefficient (Wildman–Crippen LogP) is 3.98. The standard InChI is InChI=1S/C22H18N2O3/c1-27-19-14-8-7-13-18(19)24-21(20(25)15-9-3-2-4-10-15)23-17-12-6-5-11-16(17)22(24)26/h2-14,21,23H,1H3/t21-/m1/s1. The number of para-hydroxylation sites is 3. The number of amides is 1. The molecular formula is C22H18N2O3. The molecule has 0 saturated carbocycles. The molecule has 0 aliphatic carbocycles. The summed E-state index contributed by atoms with van der Waals surface area (Å²) >= 11 is 0. The third-order valence-corrected chi connectivity index (χ3v) is 4.58. The molecule has 0 unspecified atom stereocenters. The van der Waals surface area contributed by atoms with Crippen molar-refractivity contribution in [3.63, 3.8) is 0 Å². The van der Waals surface area contributed by atoms with Gasteiger partial charge in [0.05, 0.1) is 18.4 Å². The predicted molar refractivity (Wildman–Crippen MR) is 104 cm³/mol. The Balaban J connectivity index is 1.86. The van der Waals surface area contributed by atoms with Gasteiger partial charge in [0.1, 0.15) is 5.75 Å². The number of nitrogens with zero attached hydrogens (tertiary/aromatic N) is 1. The van der Waals surface area contributed by atoms with Crippen molar-refractivity contribution in [3.8, 4) is 5.75 Å². The van der Waals surface area contributed by atoms with E-state index in [-0.39, 0.29) is 11.7 Å². The minimum Gasteiger partial charge on any atom is -0.495 e. The highest BCUT2D eigenvalue weighted by atomic mass is 16.5. The van der Waals surface area contributed by atoms with Crippen LogP contribution >= 0.6 is 0 Å². The summed E-state index contributed by atoms with van der Waals surface area (Å²) in [4.78, 5) is 28.0. The van der Waals surface area contributed by atoms with Crippen molar-refractivity contribution in [1.82, 2.24) is 0 Å². The molecule has 0 aromatic heterocycles. The summed E-state index contributed by atoms with van der Waals surface area (Å²) in [5.74, 6) is 0.0883. The fourth-order valence-electron chi connectivity index (χ4n) is 3.27. The summed E-state index contributed by atoms with van der Waals surface area (Å²) in [6, 6.07) is 23.3. The monoisotopic (exact) mass is 358 g/mol. The Morgan fingerprint density at radius 1 is 0.926 bits per heavy atom. The Labute approximate surface area is 157 Å². The summed E-state index contributed by atoms with van der Waals surface area (Å²) in [5.41, 5.74) is 2.23. The Kier molecular flexibility index (Phi) is 4.34. The van der Waals surface area contributed by atoms with E-state index in [1.54, 1.807) is 61.7 Å². The van der Waals surface area contributed by atoms with Crippen molar-refractivity contribution < 1.29 is 14.3 Å². The molecule has 0 radical (unpaired) electrons. The van der Waals surface area contributed by atoms with E-state index >= 15 is 0 Å². The number of carbonyl (C=O) groups excluding carboxylic acids is 2. The second-order valence-electron chi connectivity index (χ2n) is 6.17. The molecule has 3 aromatic carbocycles. The average Bonchev–Trinajstić information content (AvgIpc) is 2.74. The Bertz CT molecular complexity index is 1000. The number of carbonyl (C=O) groups is 2. The first-order chi connectivity index (χ1) is 13.2. The Morgan fingerprint density at radius 3 is 2.37 bits per heavy atom. The number of ketones is 1. The number of fused-ring (bicyclic) bond motifs is 1. The Hall–Kier alpha value is -3.60. The van der Waals surface area contributed by atoms with E-state index in [0.29, 0.717) is 28.3 Å². The molecule has 3 aromatic rings. The molecule has 27 heavy (non-hydrogen) atoms. The first kappa shape index (κ1) is 16.8. The van der Waals surface area contributed by atoms with Gasteiger partial charge in [-0.3, -0.25) is 14.5 Å². The molecule has 4 rings (SSSR count). The Morgan fingerprint density at radius 2 is 1.59 bits per heavy atom. The largest absolute Gasteiger partial charge is 0.495 e. The van der Waals surface area contributed by atoms with Crippen molar-refractivity contribution in [3.05, 3.63) is 90.0 Å². The molecule has 0 bridgehead atoms. The van der Waals surface area contributed by atoms with Crippen molar-refractivity contribution in [2.75, 3.05) is 17.3 Å². The first-order valence-corrected chi connectivity index (χ1v) is 8.62. The highest BCUT2D eigenvalue weighted by Crippen LogP contribution is 2.35. The number of ether oxygens (including phenoxy) is 1. The second-order valence-corrected chi connectivity index (χ2v) is 6.17. The van der Waals surface area contributed by atoms with Crippen molar-refractivity contribution in [2.45, 2.75) is 6.17 Å². The maximum absolute atomic E-state index is 13.3. The molecule has 5 nitrogen and oxygen atoms in total. The van der Waals surface area contributed by atoms with E-state index in [2.05, 4.69) is 5.32 Å². The number of nitrogens with one attached hydrogen (secondary N) is 1. The minimum absolute atomic E-state index is 0.190. The van der Waals surface area contributed by atoms with Crippen molar-refractivity contribution in [1.29, 1.82) is 0 Å². The van der Waals surface area contributed by atoms with E-state index in [9.17, 15) is 9.59 Å². The highest BCUT2D eigenvalue weighted by molar-refractivity contribution is 6.18. The fraction of sp³-hybridized carbons (Fsp3) is 0.0909. The molecular weight excluding hydrogens is 340 g/mol. The van der Waals surface area contributed by atoms with Gasteiger partial charge < -0.3 is 10.1 Å². The van der Waals surface area contributed by atoms with Crippen LogP contribution in [-0.2, 0) is 0 Å². The van der Waals surface area contributed by atoms with Gasteiger partial charge in [0, 0.05) is 11.3 Å². The van der Waals surface area contributed by atoms with Crippen LogP contribution in [0.1, 0.15) is 20.7 Å². The van der Waals surface area contributed by atoms with Crippen LogP contribution in [0.3, 0.4) is 0 Å². The van der Waals surface area contributed by atoms with E-state index in [0.717, 1.165) is 0 Å². The molecule has 5 heteroatoms. The molecule has 1 atom stereocenters. The molecule has 0 fully saturated rings. The smallest absolute Gasteiger partial charge is 0.262 e. The first-order valence-electron chi connectivity index (χ1n) is 8.62. The van der Waals surface area contributed by atoms with E-state index < -0.39 is 6.17 Å². The lowest BCUT2D eigenvalue weighted by Crippen LogP contribution is -2.53. The molecule has 1 N–H and O–H groups in total. The topological polar surface area (TPSA) is 58.6 Å². The third kappa shape index (κ3) is 2.93. The summed E-state index contributed by atoms with van der Waals surface area (Å²) in [5, 5.41) is 3.23. The maximum atomic E-state index is 13.3. The van der Waals surface area contributed by atoms with Gasteiger partial charge in [0.15, 0.2) is 6.17 Å². The number of hydrogen-bond donors (Lipinski definition) is 1. The van der Waals surface area contributed by atoms with Crippen molar-refractivity contribution in [2.24, 2.45) is 0 Å². The van der Waals surface area contributed by atoms with Crippen LogP contribution in [0.15, 0.2) is 78.9 Å². The lowest BCUT2D eigenvalue weighted by atomic mass is 10.0. The molecule has 1 amide bonds. The zero-order valence-electron chi connectivity index (χ0n) is 14.8. The maximum Gasteiger partial charge on any atom is 0.262 e. The summed E-state index contributed by atoms with van der Waals surface area (Å²) < 4.78 is 5.44. The SMILES string of the molecule is COc1ccccc1N1C(=O)c2ccccc2N[C@H]1C(=O)c1ccccc1. The summed E-state index contributed by atoms with van der Waals surface area (Å²) in [6.07, 6.45) is -0.869. The number of methoxy groups -OCH3 is 1.